The van der Waals surface area contributed by atoms with Gasteiger partial charge in [0.2, 0.25) is 5.28 Å². The van der Waals surface area contributed by atoms with Crippen LogP contribution in [-0.2, 0) is 0 Å². The van der Waals surface area contributed by atoms with E-state index in [4.69, 9.17) is 23.2 Å². The van der Waals surface area contributed by atoms with Gasteiger partial charge in [-0.2, -0.15) is 0 Å². The summed E-state index contributed by atoms with van der Waals surface area (Å²) in [5.41, 5.74) is 2.10. The van der Waals surface area contributed by atoms with Gasteiger partial charge in [-0.25, -0.2) is 9.97 Å². The molecule has 0 aliphatic rings. The topological polar surface area (TPSA) is 59.8 Å². The molecule has 0 fully saturated rings. The minimum Gasteiger partial charge on any atom is -0.361 e. The molecule has 0 saturated heterocycles. The summed E-state index contributed by atoms with van der Waals surface area (Å²) in [5.74, 6) is 0.603. The summed E-state index contributed by atoms with van der Waals surface area (Å²) in [6.45, 7) is 1.98. The molecule has 5 nitrogen and oxygen atoms in total. The molecule has 0 bridgehead atoms. The number of fused-ring (bicyclic) bond motifs is 2. The molecular weight excluding hydrogens is 443 g/mol. The fourth-order valence-corrected chi connectivity index (χ4v) is 4.38. The third kappa shape index (κ3) is 3.60. The van der Waals surface area contributed by atoms with Crippen molar-refractivity contribution in [2.24, 2.45) is 0 Å². The molecule has 0 aliphatic carbocycles. The van der Waals surface area contributed by atoms with E-state index in [1.807, 2.05) is 79.7 Å². The molecule has 3 aromatic carbocycles. The monoisotopic (exact) mass is 460 g/mol. The van der Waals surface area contributed by atoms with Crippen molar-refractivity contribution in [3.63, 3.8) is 0 Å². The Morgan fingerprint density at radius 2 is 1.66 bits per heavy atom. The van der Waals surface area contributed by atoms with Crippen LogP contribution >= 0.6 is 23.2 Å². The van der Waals surface area contributed by atoms with Crippen LogP contribution in [0.25, 0.3) is 27.4 Å². The number of pyridine rings is 1. The smallest absolute Gasteiger partial charge is 0.264 e. The van der Waals surface area contributed by atoms with Crippen molar-refractivity contribution in [3.8, 4) is 5.69 Å². The Balaban J connectivity index is 1.71. The highest BCUT2D eigenvalue weighted by Crippen LogP contribution is 2.29. The van der Waals surface area contributed by atoms with Crippen LogP contribution in [0.15, 0.2) is 83.7 Å². The van der Waals surface area contributed by atoms with Crippen LogP contribution in [0, 0.1) is 0 Å². The summed E-state index contributed by atoms with van der Waals surface area (Å²) < 4.78 is 1.69. The maximum Gasteiger partial charge on any atom is 0.264 e. The molecule has 5 aromatic rings. The van der Waals surface area contributed by atoms with Gasteiger partial charge in [0.25, 0.3) is 5.56 Å². The van der Waals surface area contributed by atoms with E-state index in [0.29, 0.717) is 16.2 Å². The first-order chi connectivity index (χ1) is 15.5. The number of nitrogens with zero attached hydrogens (tertiary/aromatic N) is 3. The van der Waals surface area contributed by atoms with Crippen LogP contribution in [0.5, 0.6) is 0 Å². The molecule has 1 N–H and O–H groups in total. The Bertz CT molecular complexity index is 1520. The van der Waals surface area contributed by atoms with Crippen molar-refractivity contribution in [1.29, 1.82) is 0 Å². The number of para-hydroxylation sites is 2. The lowest BCUT2D eigenvalue weighted by atomic mass is 10.1. The van der Waals surface area contributed by atoms with Crippen molar-refractivity contribution < 1.29 is 0 Å². The average molecular weight is 461 g/mol. The number of aromatic nitrogens is 3. The number of benzene rings is 3. The molecule has 0 unspecified atom stereocenters. The summed E-state index contributed by atoms with van der Waals surface area (Å²) >= 11 is 12.6. The molecule has 5 rings (SSSR count). The lowest BCUT2D eigenvalue weighted by molar-refractivity contribution is 0.774. The Morgan fingerprint density at radius 1 is 0.906 bits per heavy atom. The summed E-state index contributed by atoms with van der Waals surface area (Å²) in [4.78, 5) is 22.3. The number of halogens is 2. The van der Waals surface area contributed by atoms with E-state index < -0.39 is 0 Å². The van der Waals surface area contributed by atoms with Gasteiger partial charge in [-0.05, 0) is 60.3 Å². The van der Waals surface area contributed by atoms with Crippen LogP contribution in [-0.4, -0.2) is 14.5 Å². The zero-order chi connectivity index (χ0) is 22.2. The average Bonchev–Trinajstić information content (AvgIpc) is 2.79. The fraction of sp³-hybridized carbons (Fsp3) is 0.0800. The highest BCUT2D eigenvalue weighted by molar-refractivity contribution is 6.35. The van der Waals surface area contributed by atoms with Gasteiger partial charge in [0.1, 0.15) is 5.82 Å². The minimum absolute atomic E-state index is 0.157. The molecule has 2 heterocycles. The third-order valence-electron chi connectivity index (χ3n) is 5.41. The summed E-state index contributed by atoms with van der Waals surface area (Å²) in [6, 6.07) is 24.3. The van der Waals surface area contributed by atoms with E-state index in [-0.39, 0.29) is 16.9 Å². The van der Waals surface area contributed by atoms with E-state index in [2.05, 4.69) is 15.3 Å². The van der Waals surface area contributed by atoms with Crippen LogP contribution in [0.1, 0.15) is 18.7 Å². The van der Waals surface area contributed by atoms with Gasteiger partial charge in [0, 0.05) is 16.8 Å². The van der Waals surface area contributed by atoms with Crippen molar-refractivity contribution in [2.45, 2.75) is 13.0 Å². The van der Waals surface area contributed by atoms with E-state index in [9.17, 15) is 4.79 Å². The highest BCUT2D eigenvalue weighted by atomic mass is 35.5. The molecule has 2 aromatic heterocycles. The van der Waals surface area contributed by atoms with Gasteiger partial charge >= 0.3 is 0 Å². The molecule has 158 valence electrons. The first kappa shape index (κ1) is 20.5. The standard InChI is InChI=1S/C25H18Cl2N4O/c1-15(28-23-18-11-5-6-13-20(18)29-25(27)30-23)21-14-16-8-7-12-19(26)22(16)24(32)31(21)17-9-3-2-4-10-17/h2-15H,1H3,(H,28,29,30)/t15-/m0/s1. The number of hydrogen-bond donors (Lipinski definition) is 1. The second kappa shape index (κ2) is 8.26. The predicted molar refractivity (Wildman–Crippen MR) is 131 cm³/mol. The minimum atomic E-state index is -0.277. The normalized spacial score (nSPS) is 12.2. The van der Waals surface area contributed by atoms with Crippen LogP contribution in [0.3, 0.4) is 0 Å². The van der Waals surface area contributed by atoms with Gasteiger partial charge in [-0.15, -0.1) is 0 Å². The van der Waals surface area contributed by atoms with Crippen molar-refractivity contribution >= 4 is 50.7 Å². The van der Waals surface area contributed by atoms with Gasteiger partial charge in [0.05, 0.1) is 22.0 Å². The molecule has 0 amide bonds. The summed E-state index contributed by atoms with van der Waals surface area (Å²) in [6.07, 6.45) is 0. The maximum absolute atomic E-state index is 13.6. The molecule has 0 aliphatic heterocycles. The van der Waals surface area contributed by atoms with Gasteiger partial charge < -0.3 is 5.32 Å². The molecule has 0 saturated carbocycles. The van der Waals surface area contributed by atoms with Gasteiger partial charge in [-0.1, -0.05) is 54.1 Å². The van der Waals surface area contributed by atoms with Crippen molar-refractivity contribution in [2.75, 3.05) is 5.32 Å². The van der Waals surface area contributed by atoms with Crippen molar-refractivity contribution in [1.82, 2.24) is 14.5 Å². The number of anilines is 1. The zero-order valence-corrected chi connectivity index (χ0v) is 18.6. The Kier molecular flexibility index (Phi) is 5.29. The zero-order valence-electron chi connectivity index (χ0n) is 17.1. The number of rotatable bonds is 4. The fourth-order valence-electron chi connectivity index (χ4n) is 3.94. The predicted octanol–water partition coefficient (Wildman–Crippen LogP) is 6.41. The molecule has 32 heavy (non-hydrogen) atoms. The third-order valence-corrected chi connectivity index (χ3v) is 5.90. The second-order valence-corrected chi connectivity index (χ2v) is 8.22. The Morgan fingerprint density at radius 3 is 2.47 bits per heavy atom. The van der Waals surface area contributed by atoms with Gasteiger partial charge in [0.15, 0.2) is 0 Å². The maximum atomic E-state index is 13.6. The molecule has 0 radical (unpaired) electrons. The largest absolute Gasteiger partial charge is 0.361 e. The van der Waals surface area contributed by atoms with Crippen LogP contribution in [0.4, 0.5) is 5.82 Å². The molecular formula is C25H18Cl2N4O. The quantitative estimate of drug-likeness (QED) is 0.314. The number of hydrogen-bond acceptors (Lipinski definition) is 4. The SMILES string of the molecule is C[C@H](Nc1nc(Cl)nc2ccccc12)c1cc2cccc(Cl)c2c(=O)n1-c1ccccc1. The van der Waals surface area contributed by atoms with E-state index >= 15 is 0 Å². The Hall–Kier alpha value is -3.41. The first-order valence-corrected chi connectivity index (χ1v) is 10.9. The van der Waals surface area contributed by atoms with Crippen LogP contribution < -0.4 is 10.9 Å². The summed E-state index contributed by atoms with van der Waals surface area (Å²) in [7, 11) is 0. The van der Waals surface area contributed by atoms with E-state index in [0.717, 1.165) is 27.7 Å². The first-order valence-electron chi connectivity index (χ1n) is 10.1. The van der Waals surface area contributed by atoms with E-state index in [1.54, 1.807) is 10.6 Å². The number of nitrogens with one attached hydrogen (secondary N) is 1. The second-order valence-electron chi connectivity index (χ2n) is 7.47. The summed E-state index contributed by atoms with van der Waals surface area (Å²) in [5, 5.41) is 6.14. The lowest BCUT2D eigenvalue weighted by Crippen LogP contribution is -2.25. The molecule has 7 heteroatoms. The lowest BCUT2D eigenvalue weighted by Gasteiger charge is -2.22. The van der Waals surface area contributed by atoms with Crippen LogP contribution in [0.2, 0.25) is 10.3 Å². The highest BCUT2D eigenvalue weighted by Gasteiger charge is 2.19. The Labute approximate surface area is 194 Å². The van der Waals surface area contributed by atoms with Gasteiger partial charge in [-0.3, -0.25) is 9.36 Å². The van der Waals surface area contributed by atoms with Crippen molar-refractivity contribution in [3.05, 3.63) is 105 Å². The van der Waals surface area contributed by atoms with E-state index in [1.165, 1.54) is 0 Å². The molecule has 0 spiro atoms. The molecule has 1 atom stereocenters.